The molecule has 1 saturated heterocycles. The number of guanidine groups is 1. The quantitative estimate of drug-likeness (QED) is 0.437. The summed E-state index contributed by atoms with van der Waals surface area (Å²) in [4.78, 5) is 6.70. The summed E-state index contributed by atoms with van der Waals surface area (Å²) in [7, 11) is 1.83. The summed E-state index contributed by atoms with van der Waals surface area (Å²) in [5.74, 6) is 2.57. The average molecular weight is 447 g/mol. The first-order valence-corrected chi connectivity index (χ1v) is 8.26. The van der Waals surface area contributed by atoms with Crippen molar-refractivity contribution in [2.24, 2.45) is 4.99 Å². The molecule has 0 amide bonds. The minimum absolute atomic E-state index is 0. The second-order valence-electron chi connectivity index (χ2n) is 5.73. The maximum Gasteiger partial charge on any atom is 0.231 e. The molecule has 2 heterocycles. The molecule has 3 rings (SSSR count). The Hall–Kier alpha value is -1.22. The van der Waals surface area contributed by atoms with Crippen molar-refractivity contribution >= 4 is 29.9 Å². The fraction of sp³-hybridized carbons (Fsp3) is 0.588. The van der Waals surface area contributed by atoms with E-state index in [1.165, 1.54) is 0 Å². The minimum Gasteiger partial charge on any atom is -0.454 e. The molecule has 1 fully saturated rings. The van der Waals surface area contributed by atoms with Crippen LogP contribution in [0.15, 0.2) is 23.2 Å². The molecule has 6 nitrogen and oxygen atoms in total. The van der Waals surface area contributed by atoms with Gasteiger partial charge in [-0.2, -0.15) is 0 Å². The summed E-state index contributed by atoms with van der Waals surface area (Å²) in [6.45, 7) is 5.83. The third-order valence-corrected chi connectivity index (χ3v) is 4.24. The van der Waals surface area contributed by atoms with Gasteiger partial charge in [-0.05, 0) is 37.5 Å². The van der Waals surface area contributed by atoms with E-state index in [4.69, 9.17) is 14.2 Å². The maximum atomic E-state index is 5.70. The molecule has 0 atom stereocenters. The van der Waals surface area contributed by atoms with Crippen molar-refractivity contribution in [3.05, 3.63) is 23.8 Å². The first kappa shape index (κ1) is 19.1. The lowest BCUT2D eigenvalue weighted by Crippen LogP contribution is -2.46. The van der Waals surface area contributed by atoms with Crippen molar-refractivity contribution in [2.45, 2.75) is 32.4 Å². The molecule has 2 aliphatic heterocycles. The highest BCUT2D eigenvalue weighted by molar-refractivity contribution is 14.0. The van der Waals surface area contributed by atoms with Crippen molar-refractivity contribution < 1.29 is 14.2 Å². The highest BCUT2D eigenvalue weighted by Crippen LogP contribution is 2.32. The third-order valence-electron chi connectivity index (χ3n) is 4.24. The minimum atomic E-state index is 0. The van der Waals surface area contributed by atoms with E-state index in [-0.39, 0.29) is 24.0 Å². The van der Waals surface area contributed by atoms with Crippen LogP contribution in [0.25, 0.3) is 0 Å². The average Bonchev–Trinajstić information content (AvgIpc) is 3.05. The monoisotopic (exact) mass is 447 g/mol. The molecule has 134 valence electrons. The van der Waals surface area contributed by atoms with Gasteiger partial charge >= 0.3 is 0 Å². The van der Waals surface area contributed by atoms with Gasteiger partial charge in [0.2, 0.25) is 6.79 Å². The predicted octanol–water partition coefficient (Wildman–Crippen LogP) is 2.61. The lowest BCUT2D eigenvalue weighted by atomic mass is 10.1. The maximum absolute atomic E-state index is 5.70. The van der Waals surface area contributed by atoms with Crippen LogP contribution in [0.2, 0.25) is 0 Å². The Morgan fingerprint density at radius 1 is 1.29 bits per heavy atom. The van der Waals surface area contributed by atoms with Crippen LogP contribution in [0, 0.1) is 0 Å². The lowest BCUT2D eigenvalue weighted by molar-refractivity contribution is 0.0263. The van der Waals surface area contributed by atoms with Gasteiger partial charge in [0.25, 0.3) is 0 Å². The molecule has 0 aromatic heterocycles. The van der Waals surface area contributed by atoms with E-state index >= 15 is 0 Å². The van der Waals surface area contributed by atoms with Gasteiger partial charge in [-0.1, -0.05) is 6.07 Å². The summed E-state index contributed by atoms with van der Waals surface area (Å²) < 4.78 is 16.5. The van der Waals surface area contributed by atoms with Crippen LogP contribution in [0.3, 0.4) is 0 Å². The number of nitrogens with zero attached hydrogens (tertiary/aromatic N) is 2. The number of hydrogen-bond donors (Lipinski definition) is 1. The van der Waals surface area contributed by atoms with Crippen LogP contribution >= 0.6 is 24.0 Å². The molecule has 0 unspecified atom stereocenters. The first-order valence-electron chi connectivity index (χ1n) is 8.26. The fourth-order valence-electron chi connectivity index (χ4n) is 3.03. The number of nitrogens with one attached hydrogen (secondary N) is 1. The van der Waals surface area contributed by atoms with Gasteiger partial charge in [-0.15, -0.1) is 24.0 Å². The second kappa shape index (κ2) is 9.31. The van der Waals surface area contributed by atoms with E-state index in [2.05, 4.69) is 28.2 Å². The van der Waals surface area contributed by atoms with E-state index in [1.54, 1.807) is 0 Å². The van der Waals surface area contributed by atoms with E-state index in [0.717, 1.165) is 55.6 Å². The molecular formula is C17H26IN3O3. The van der Waals surface area contributed by atoms with Crippen LogP contribution in [0.5, 0.6) is 11.5 Å². The lowest BCUT2D eigenvalue weighted by Gasteiger charge is -2.34. The fourth-order valence-corrected chi connectivity index (χ4v) is 3.03. The summed E-state index contributed by atoms with van der Waals surface area (Å²) in [6.07, 6.45) is 2.50. The van der Waals surface area contributed by atoms with Crippen LogP contribution in [-0.2, 0) is 11.3 Å². The van der Waals surface area contributed by atoms with Crippen LogP contribution in [0.4, 0.5) is 0 Å². The van der Waals surface area contributed by atoms with Crippen molar-refractivity contribution in [3.63, 3.8) is 0 Å². The molecule has 1 aromatic rings. The Morgan fingerprint density at radius 2 is 2.04 bits per heavy atom. The number of rotatable bonds is 4. The number of likely N-dealkylation sites (tertiary alicyclic amines) is 1. The number of hydrogen-bond acceptors (Lipinski definition) is 4. The second-order valence-corrected chi connectivity index (χ2v) is 5.73. The Bertz CT molecular complexity index is 560. The Morgan fingerprint density at radius 3 is 2.75 bits per heavy atom. The Balaban J connectivity index is 0.00000208. The van der Waals surface area contributed by atoms with E-state index in [0.29, 0.717) is 19.4 Å². The Labute approximate surface area is 160 Å². The standard InChI is InChI=1S/C17H25N3O3.HI/c1-3-21-14-6-8-20(9-7-14)17(18-2)19-11-13-4-5-15-16(10-13)23-12-22-15;/h4-5,10,14H,3,6-9,11-12H2,1-2H3,(H,18,19);1H. The van der Waals surface area contributed by atoms with Gasteiger partial charge < -0.3 is 24.4 Å². The molecule has 0 radical (unpaired) electrons. The zero-order valence-corrected chi connectivity index (χ0v) is 16.6. The zero-order valence-electron chi connectivity index (χ0n) is 14.3. The van der Waals surface area contributed by atoms with Crippen molar-refractivity contribution in [1.29, 1.82) is 0 Å². The first-order chi connectivity index (χ1) is 11.3. The summed E-state index contributed by atoms with van der Waals surface area (Å²) in [5, 5.41) is 3.43. The summed E-state index contributed by atoms with van der Waals surface area (Å²) in [6, 6.07) is 6.02. The van der Waals surface area contributed by atoms with Crippen LogP contribution < -0.4 is 14.8 Å². The SMILES string of the molecule is CCOC1CCN(C(=NC)NCc2ccc3c(c2)OCO3)CC1.I. The molecule has 24 heavy (non-hydrogen) atoms. The molecular weight excluding hydrogens is 421 g/mol. The van der Waals surface area contributed by atoms with Crippen LogP contribution in [-0.4, -0.2) is 50.5 Å². The molecule has 0 bridgehead atoms. The highest BCUT2D eigenvalue weighted by Gasteiger charge is 2.21. The van der Waals surface area contributed by atoms with Crippen molar-refractivity contribution in [1.82, 2.24) is 10.2 Å². The number of benzene rings is 1. The van der Waals surface area contributed by atoms with E-state index < -0.39 is 0 Å². The predicted molar refractivity (Wildman–Crippen MR) is 104 cm³/mol. The summed E-state index contributed by atoms with van der Waals surface area (Å²) >= 11 is 0. The van der Waals surface area contributed by atoms with E-state index in [1.807, 2.05) is 19.2 Å². The van der Waals surface area contributed by atoms with Gasteiger partial charge in [0, 0.05) is 33.3 Å². The number of aliphatic imine (C=N–C) groups is 1. The van der Waals surface area contributed by atoms with E-state index in [9.17, 15) is 0 Å². The smallest absolute Gasteiger partial charge is 0.231 e. The largest absolute Gasteiger partial charge is 0.454 e. The van der Waals surface area contributed by atoms with Crippen molar-refractivity contribution in [3.8, 4) is 11.5 Å². The molecule has 0 spiro atoms. The molecule has 2 aliphatic rings. The number of fused-ring (bicyclic) bond motifs is 1. The highest BCUT2D eigenvalue weighted by atomic mass is 127. The number of ether oxygens (including phenoxy) is 3. The van der Waals surface area contributed by atoms with Gasteiger partial charge in [0.05, 0.1) is 6.10 Å². The normalized spacial score (nSPS) is 17.6. The molecule has 7 heteroatoms. The molecule has 0 saturated carbocycles. The van der Waals surface area contributed by atoms with Crippen LogP contribution in [0.1, 0.15) is 25.3 Å². The zero-order chi connectivity index (χ0) is 16.1. The van der Waals surface area contributed by atoms with Crippen molar-refractivity contribution in [2.75, 3.05) is 33.5 Å². The Kier molecular flexibility index (Phi) is 7.41. The third kappa shape index (κ3) is 4.66. The molecule has 0 aliphatic carbocycles. The van der Waals surface area contributed by atoms with Gasteiger partial charge in [-0.3, -0.25) is 4.99 Å². The van der Waals surface area contributed by atoms with Gasteiger partial charge in [0.1, 0.15) is 0 Å². The van der Waals surface area contributed by atoms with Gasteiger partial charge in [-0.25, -0.2) is 0 Å². The number of piperidine rings is 1. The number of halogens is 1. The topological polar surface area (TPSA) is 55.3 Å². The van der Waals surface area contributed by atoms with Gasteiger partial charge in [0.15, 0.2) is 17.5 Å². The molecule has 1 aromatic carbocycles. The molecule has 1 N–H and O–H groups in total. The summed E-state index contributed by atoms with van der Waals surface area (Å²) in [5.41, 5.74) is 1.15.